The number of benzene rings is 2. The van der Waals surface area contributed by atoms with Crippen LogP contribution in [-0.2, 0) is 9.59 Å². The molecule has 14 heteroatoms. The fourth-order valence-corrected chi connectivity index (χ4v) is 11.9. The van der Waals surface area contributed by atoms with Gasteiger partial charge in [-0.05, 0) is 137 Å². The number of amides is 2. The number of nitrogens with one attached hydrogen (secondary N) is 3. The molecule has 5 aliphatic rings. The lowest BCUT2D eigenvalue weighted by molar-refractivity contribution is -0.133. The summed E-state index contributed by atoms with van der Waals surface area (Å²) in [5.74, 6) is 0.253. The van der Waals surface area contributed by atoms with Gasteiger partial charge in [-0.3, -0.25) is 24.3 Å². The van der Waals surface area contributed by atoms with E-state index in [0.717, 1.165) is 87.9 Å². The van der Waals surface area contributed by atoms with Gasteiger partial charge in [0, 0.05) is 65.2 Å². The predicted molar refractivity (Wildman–Crippen MR) is 229 cm³/mol. The molecule has 2 saturated carbocycles. The van der Waals surface area contributed by atoms with Crippen molar-refractivity contribution in [2.45, 2.75) is 106 Å². The molecule has 2 aromatic heterocycles. The molecule has 306 valence electrons. The number of aryl methyl sites for hydroxylation is 1. The second-order valence-electron chi connectivity index (χ2n) is 17.4. The number of pyridine rings is 1. The van der Waals surface area contributed by atoms with E-state index in [0.29, 0.717) is 52.4 Å². The Bertz CT molecular complexity index is 2260. The minimum absolute atomic E-state index is 0.118. The van der Waals surface area contributed by atoms with E-state index < -0.39 is 6.04 Å². The number of halogens is 2. The first-order valence-electron chi connectivity index (χ1n) is 21.1. The van der Waals surface area contributed by atoms with Crippen LogP contribution in [0.4, 0.5) is 27.4 Å². The summed E-state index contributed by atoms with van der Waals surface area (Å²) in [6.07, 6.45) is 13.7. The Kier molecular flexibility index (Phi) is 11.1. The van der Waals surface area contributed by atoms with Crippen molar-refractivity contribution >= 4 is 69.2 Å². The van der Waals surface area contributed by atoms with Crippen molar-refractivity contribution in [3.8, 4) is 0 Å². The number of fused-ring (bicyclic) bond motifs is 1. The van der Waals surface area contributed by atoms with Crippen molar-refractivity contribution in [2.75, 3.05) is 48.3 Å². The first-order valence-corrected chi connectivity index (χ1v) is 22.3. The molecule has 5 fully saturated rings. The molecular formula is C44H52ClFN8O3S. The van der Waals surface area contributed by atoms with E-state index in [2.05, 4.69) is 55.9 Å². The molecule has 4 aromatic rings. The van der Waals surface area contributed by atoms with Crippen LogP contribution < -0.4 is 26.4 Å². The van der Waals surface area contributed by atoms with Crippen molar-refractivity contribution < 1.29 is 14.0 Å². The maximum Gasteiger partial charge on any atom is 0.271 e. The van der Waals surface area contributed by atoms with Crippen LogP contribution in [-0.4, -0.2) is 75.3 Å². The van der Waals surface area contributed by atoms with Gasteiger partial charge in [0.05, 0.1) is 5.69 Å². The average Bonchev–Trinajstić information content (AvgIpc) is 3.73. The maximum atomic E-state index is 15.0. The Morgan fingerprint density at radius 2 is 1.74 bits per heavy atom. The number of imide groups is 1. The maximum absolute atomic E-state index is 15.0. The number of anilines is 4. The Morgan fingerprint density at radius 3 is 2.48 bits per heavy atom. The van der Waals surface area contributed by atoms with Crippen LogP contribution in [0, 0.1) is 24.1 Å². The molecule has 1 spiro atoms. The quantitative estimate of drug-likeness (QED) is 0.135. The van der Waals surface area contributed by atoms with Crippen LogP contribution in [0.1, 0.15) is 88.7 Å². The molecule has 58 heavy (non-hydrogen) atoms. The lowest BCUT2D eigenvalue weighted by atomic mass is 9.63. The van der Waals surface area contributed by atoms with Crippen molar-refractivity contribution in [1.29, 1.82) is 0 Å². The minimum Gasteiger partial charge on any atom is -0.374 e. The number of hydrogen-bond acceptors (Lipinski definition) is 10. The molecule has 3 saturated heterocycles. The van der Waals surface area contributed by atoms with Gasteiger partial charge in [-0.2, -0.15) is 4.98 Å². The van der Waals surface area contributed by atoms with Gasteiger partial charge in [0.15, 0.2) is 0 Å². The third-order valence-electron chi connectivity index (χ3n) is 13.4. The number of aromatic nitrogens is 3. The van der Waals surface area contributed by atoms with Crippen LogP contribution >= 0.6 is 23.4 Å². The topological polar surface area (TPSA) is 124 Å². The third-order valence-corrected chi connectivity index (χ3v) is 14.9. The fraction of sp³-hybridized carbons (Fsp3) is 0.523. The van der Waals surface area contributed by atoms with E-state index in [9.17, 15) is 18.8 Å². The van der Waals surface area contributed by atoms with E-state index in [1.165, 1.54) is 36.6 Å². The molecule has 9 rings (SSSR count). The fourth-order valence-electron chi connectivity index (χ4n) is 10.0. The summed E-state index contributed by atoms with van der Waals surface area (Å²) in [5, 5.41) is 10.6. The van der Waals surface area contributed by atoms with Crippen LogP contribution in [0.2, 0.25) is 5.02 Å². The smallest absolute Gasteiger partial charge is 0.271 e. The van der Waals surface area contributed by atoms with Gasteiger partial charge in [-0.25, -0.2) is 9.37 Å². The van der Waals surface area contributed by atoms with Crippen LogP contribution in [0.15, 0.2) is 58.4 Å². The van der Waals surface area contributed by atoms with Crippen LogP contribution in [0.5, 0.6) is 0 Å². The largest absolute Gasteiger partial charge is 0.374 e. The minimum atomic E-state index is -0.494. The zero-order valence-electron chi connectivity index (χ0n) is 33.1. The number of likely N-dealkylation sites (tertiary alicyclic amines) is 1. The lowest BCUT2D eigenvalue weighted by Gasteiger charge is -2.52. The van der Waals surface area contributed by atoms with E-state index >= 15 is 0 Å². The first-order chi connectivity index (χ1) is 28.1. The number of hydrogen-bond donors (Lipinski definition) is 3. The second kappa shape index (κ2) is 16.5. The summed E-state index contributed by atoms with van der Waals surface area (Å²) in [4.78, 5) is 52.3. The molecule has 0 bridgehead atoms. The Labute approximate surface area is 347 Å². The highest BCUT2D eigenvalue weighted by atomic mass is 35.5. The van der Waals surface area contributed by atoms with Crippen molar-refractivity contribution in [3.05, 3.63) is 75.4 Å². The monoisotopic (exact) mass is 826 g/mol. The van der Waals surface area contributed by atoms with Gasteiger partial charge >= 0.3 is 0 Å². The van der Waals surface area contributed by atoms with Crippen LogP contribution in [0.25, 0.3) is 11.0 Å². The SMILES string of the molecule is Cc1cc(SC2CC3(CCN(CC4CCN(c5cc(NC6CCC(=O)NC6=O)ccc5F)CC4)CC3)C2)ccc1Nc1ncc2cc(Cl)c(=O)n(C3CCCC3)c2n1. The lowest BCUT2D eigenvalue weighted by Crippen LogP contribution is -2.49. The summed E-state index contributed by atoms with van der Waals surface area (Å²) >= 11 is 8.32. The number of carbonyl (C=O) groups is 2. The highest BCUT2D eigenvalue weighted by Crippen LogP contribution is 2.55. The van der Waals surface area contributed by atoms with Gasteiger partial charge in [-0.15, -0.1) is 11.8 Å². The molecule has 5 heterocycles. The zero-order valence-corrected chi connectivity index (χ0v) is 34.6. The van der Waals surface area contributed by atoms with E-state index in [4.69, 9.17) is 16.6 Å². The standard InChI is InChI=1S/C44H52ClFN8O3S/c1-27-20-32(7-9-36(27)49-43-47-25-29-21-34(45)42(57)54(40(29)51-43)31-4-2-3-5-31)58-33-23-44(24-33)14-18-52(19-15-44)26-28-12-16-53(17-13-28)38-22-30(6-8-35(38)46)48-37-10-11-39(55)50-41(37)56/h6-9,20-22,25,28,31,33,37,48H,2-5,10-19,23-24,26H2,1H3,(H,47,49,51)(H,50,55,56). The van der Waals surface area contributed by atoms with Crippen molar-refractivity contribution in [1.82, 2.24) is 24.8 Å². The number of carbonyl (C=O) groups excluding carboxylic acids is 2. The van der Waals surface area contributed by atoms with E-state index in [1.54, 1.807) is 29.0 Å². The Balaban J connectivity index is 0.729. The molecule has 0 radical (unpaired) electrons. The zero-order chi connectivity index (χ0) is 40.0. The molecule has 1 unspecified atom stereocenters. The molecule has 3 N–H and O–H groups in total. The normalized spacial score (nSPS) is 22.1. The number of thioether (sulfide) groups is 1. The van der Waals surface area contributed by atoms with Gasteiger partial charge in [0.25, 0.3) is 5.56 Å². The molecule has 3 aliphatic heterocycles. The molecule has 2 aromatic carbocycles. The molecule has 2 amide bonds. The van der Waals surface area contributed by atoms with E-state index in [1.807, 2.05) is 11.8 Å². The van der Waals surface area contributed by atoms with Gasteiger partial charge in [0.1, 0.15) is 22.5 Å². The summed E-state index contributed by atoms with van der Waals surface area (Å²) < 4.78 is 16.8. The van der Waals surface area contributed by atoms with Gasteiger partial charge in [0.2, 0.25) is 17.8 Å². The number of piperidine rings is 3. The number of nitrogens with zero attached hydrogens (tertiary/aromatic N) is 5. The first kappa shape index (κ1) is 39.3. The summed E-state index contributed by atoms with van der Waals surface area (Å²) in [6.45, 7) is 7.16. The summed E-state index contributed by atoms with van der Waals surface area (Å²) in [7, 11) is 0. The summed E-state index contributed by atoms with van der Waals surface area (Å²) in [5.41, 5.74) is 4.28. The predicted octanol–water partition coefficient (Wildman–Crippen LogP) is 8.22. The van der Waals surface area contributed by atoms with Gasteiger partial charge in [-0.1, -0.05) is 24.4 Å². The molecular weight excluding hydrogens is 775 g/mol. The molecule has 2 aliphatic carbocycles. The van der Waals surface area contributed by atoms with E-state index in [-0.39, 0.29) is 34.3 Å². The Hall–Kier alpha value is -4.20. The second-order valence-corrected chi connectivity index (χ2v) is 19.2. The van der Waals surface area contributed by atoms with Crippen molar-refractivity contribution in [2.24, 2.45) is 11.3 Å². The average molecular weight is 827 g/mol. The highest BCUT2D eigenvalue weighted by Gasteiger charge is 2.46. The molecule has 1 atom stereocenters. The Morgan fingerprint density at radius 1 is 0.966 bits per heavy atom. The number of rotatable bonds is 10. The van der Waals surface area contributed by atoms with Crippen LogP contribution in [0.3, 0.4) is 0 Å². The van der Waals surface area contributed by atoms with Gasteiger partial charge < -0.3 is 20.4 Å². The molecule has 11 nitrogen and oxygen atoms in total. The third kappa shape index (κ3) is 8.31. The van der Waals surface area contributed by atoms with Crippen molar-refractivity contribution in [3.63, 3.8) is 0 Å². The summed E-state index contributed by atoms with van der Waals surface area (Å²) in [6, 6.07) is 12.8. The highest BCUT2D eigenvalue weighted by molar-refractivity contribution is 8.00.